The number of thioether (sulfide) groups is 1. The quantitative estimate of drug-likeness (QED) is 0.413. The molecule has 144 valence electrons. The minimum atomic E-state index is -0.950. The highest BCUT2D eigenvalue weighted by Gasteiger charge is 2.42. The van der Waals surface area contributed by atoms with Crippen LogP contribution in [0.15, 0.2) is 101 Å². The number of oxazole rings is 1. The first-order chi connectivity index (χ1) is 14.3. The molecule has 0 amide bonds. The van der Waals surface area contributed by atoms with Gasteiger partial charge >= 0.3 is 0 Å². The monoisotopic (exact) mass is 401 g/mol. The lowest BCUT2D eigenvalue weighted by Gasteiger charge is -2.25. The third kappa shape index (κ3) is 3.60. The first-order valence-electron chi connectivity index (χ1n) is 9.48. The second-order valence-electron chi connectivity index (χ2n) is 6.61. The van der Waals surface area contributed by atoms with Gasteiger partial charge in [-0.3, -0.25) is 0 Å². The van der Waals surface area contributed by atoms with E-state index in [2.05, 4.69) is 0 Å². The Morgan fingerprint density at radius 2 is 1.24 bits per heavy atom. The van der Waals surface area contributed by atoms with E-state index in [4.69, 9.17) is 18.9 Å². The Morgan fingerprint density at radius 3 is 1.86 bits per heavy atom. The largest absolute Gasteiger partial charge is 0.431 e. The van der Waals surface area contributed by atoms with Crippen molar-refractivity contribution in [1.82, 2.24) is 4.98 Å². The number of nitrogens with zero attached hydrogens (tertiary/aromatic N) is 1. The third-order valence-electron chi connectivity index (χ3n) is 4.71. The van der Waals surface area contributed by atoms with Gasteiger partial charge in [-0.2, -0.15) is 0 Å². The Balaban J connectivity index is 1.58. The molecule has 0 aliphatic carbocycles. The van der Waals surface area contributed by atoms with Gasteiger partial charge in [0, 0.05) is 28.5 Å². The number of rotatable bonds is 5. The van der Waals surface area contributed by atoms with Gasteiger partial charge in [0.05, 0.1) is 13.2 Å². The van der Waals surface area contributed by atoms with Crippen LogP contribution in [0.5, 0.6) is 0 Å². The fourth-order valence-corrected chi connectivity index (χ4v) is 4.39. The van der Waals surface area contributed by atoms with Crippen molar-refractivity contribution in [3.8, 4) is 22.6 Å². The van der Waals surface area contributed by atoms with Gasteiger partial charge in [-0.05, 0) is 0 Å². The van der Waals surface area contributed by atoms with Gasteiger partial charge in [-0.1, -0.05) is 91.0 Å². The highest BCUT2D eigenvalue weighted by molar-refractivity contribution is 7.99. The number of hydrogen-bond donors (Lipinski definition) is 0. The molecular formula is C24H19NO3S. The van der Waals surface area contributed by atoms with E-state index in [9.17, 15) is 0 Å². The Hall–Kier alpha value is -2.86. The van der Waals surface area contributed by atoms with Crippen LogP contribution in [0, 0.1) is 0 Å². The summed E-state index contributed by atoms with van der Waals surface area (Å²) in [5.41, 5.74) is 3.72. The number of benzene rings is 3. The standard InChI is InChI=1S/C24H19NO3S/c1-4-10-18(11-5-1)21-22(19-12-6-2-7-13-19)28-23(25-21)29-24(26-16-17-27-24)20-14-8-3-9-15-20/h1-15H,16-17H2. The zero-order chi connectivity index (χ0) is 19.5. The maximum absolute atomic E-state index is 6.26. The van der Waals surface area contributed by atoms with Crippen molar-refractivity contribution in [3.05, 3.63) is 96.6 Å². The van der Waals surface area contributed by atoms with Gasteiger partial charge in [0.25, 0.3) is 10.3 Å². The van der Waals surface area contributed by atoms with E-state index < -0.39 is 5.12 Å². The zero-order valence-electron chi connectivity index (χ0n) is 15.7. The molecule has 29 heavy (non-hydrogen) atoms. The first kappa shape index (κ1) is 18.2. The summed E-state index contributed by atoms with van der Waals surface area (Å²) >= 11 is 1.35. The molecule has 1 aliphatic heterocycles. The third-order valence-corrected chi connectivity index (χ3v) is 5.80. The molecule has 5 heteroatoms. The van der Waals surface area contributed by atoms with Crippen molar-refractivity contribution in [1.29, 1.82) is 0 Å². The average Bonchev–Trinajstić information content (AvgIpc) is 3.44. The average molecular weight is 401 g/mol. The van der Waals surface area contributed by atoms with Crippen LogP contribution in [-0.2, 0) is 14.6 Å². The van der Waals surface area contributed by atoms with Crippen LogP contribution in [0.3, 0.4) is 0 Å². The van der Waals surface area contributed by atoms with E-state index in [0.717, 1.165) is 28.1 Å². The number of aromatic nitrogens is 1. The molecule has 5 rings (SSSR count). The second kappa shape index (κ2) is 7.87. The normalized spacial score (nSPS) is 15.4. The van der Waals surface area contributed by atoms with Gasteiger partial charge in [-0.25, -0.2) is 4.98 Å². The molecule has 0 N–H and O–H groups in total. The molecule has 0 radical (unpaired) electrons. The molecule has 4 nitrogen and oxygen atoms in total. The summed E-state index contributed by atoms with van der Waals surface area (Å²) < 4.78 is 18.3. The highest BCUT2D eigenvalue weighted by atomic mass is 32.2. The van der Waals surface area contributed by atoms with Gasteiger partial charge in [0.15, 0.2) is 5.76 Å². The predicted molar refractivity (Wildman–Crippen MR) is 113 cm³/mol. The lowest BCUT2D eigenvalue weighted by atomic mass is 10.1. The van der Waals surface area contributed by atoms with Crippen molar-refractivity contribution in [2.45, 2.75) is 10.3 Å². The molecule has 4 aromatic rings. The first-order valence-corrected chi connectivity index (χ1v) is 10.3. The fraction of sp³-hybridized carbons (Fsp3) is 0.125. The number of hydrogen-bond acceptors (Lipinski definition) is 5. The maximum atomic E-state index is 6.26. The van der Waals surface area contributed by atoms with Crippen LogP contribution in [-0.4, -0.2) is 18.2 Å². The summed E-state index contributed by atoms with van der Waals surface area (Å²) in [7, 11) is 0. The van der Waals surface area contributed by atoms with Crippen molar-refractivity contribution < 1.29 is 13.9 Å². The minimum Gasteiger partial charge on any atom is -0.431 e. The predicted octanol–water partition coefficient (Wildman–Crippen LogP) is 5.96. The topological polar surface area (TPSA) is 44.5 Å². The molecule has 1 aromatic heterocycles. The zero-order valence-corrected chi connectivity index (χ0v) is 16.5. The van der Waals surface area contributed by atoms with E-state index in [0.29, 0.717) is 18.4 Å². The van der Waals surface area contributed by atoms with E-state index in [1.54, 1.807) is 0 Å². The van der Waals surface area contributed by atoms with Crippen LogP contribution < -0.4 is 0 Å². The summed E-state index contributed by atoms with van der Waals surface area (Å²) in [4.78, 5) is 4.83. The molecule has 0 bridgehead atoms. The van der Waals surface area contributed by atoms with Gasteiger partial charge in [0.1, 0.15) is 5.69 Å². The minimum absolute atomic E-state index is 0.508. The Morgan fingerprint density at radius 1 is 0.690 bits per heavy atom. The van der Waals surface area contributed by atoms with E-state index in [-0.39, 0.29) is 0 Å². The molecule has 3 aromatic carbocycles. The van der Waals surface area contributed by atoms with Crippen molar-refractivity contribution in [3.63, 3.8) is 0 Å². The summed E-state index contributed by atoms with van der Waals surface area (Å²) in [6, 6.07) is 30.0. The SMILES string of the molecule is c1ccc(-c2nc(SC3(c4ccccc4)OCCO3)oc2-c2ccccc2)cc1. The second-order valence-corrected chi connectivity index (χ2v) is 7.70. The van der Waals surface area contributed by atoms with Crippen molar-refractivity contribution in [2.24, 2.45) is 0 Å². The smallest absolute Gasteiger partial charge is 0.262 e. The van der Waals surface area contributed by atoms with Crippen LogP contribution in [0.25, 0.3) is 22.6 Å². The fourth-order valence-electron chi connectivity index (χ4n) is 3.36. The molecule has 0 saturated carbocycles. The summed E-state index contributed by atoms with van der Waals surface area (Å²) in [6.07, 6.45) is 0. The van der Waals surface area contributed by atoms with Crippen molar-refractivity contribution in [2.75, 3.05) is 13.2 Å². The van der Waals surface area contributed by atoms with Crippen LogP contribution in [0.2, 0.25) is 0 Å². The molecule has 0 spiro atoms. The summed E-state index contributed by atoms with van der Waals surface area (Å²) in [5, 5.41) is -0.443. The van der Waals surface area contributed by atoms with E-state index in [1.807, 2.05) is 91.0 Å². The Kier molecular flexibility index (Phi) is 4.94. The lowest BCUT2D eigenvalue weighted by molar-refractivity contribution is -0.0822. The molecule has 0 atom stereocenters. The summed E-state index contributed by atoms with van der Waals surface area (Å²) in [6.45, 7) is 1.05. The highest BCUT2D eigenvalue weighted by Crippen LogP contribution is 2.47. The van der Waals surface area contributed by atoms with E-state index >= 15 is 0 Å². The van der Waals surface area contributed by atoms with Crippen LogP contribution in [0.4, 0.5) is 0 Å². The molecular weight excluding hydrogens is 382 g/mol. The molecule has 0 unspecified atom stereocenters. The van der Waals surface area contributed by atoms with Crippen molar-refractivity contribution >= 4 is 11.8 Å². The summed E-state index contributed by atoms with van der Waals surface area (Å²) in [5.74, 6) is 0.737. The van der Waals surface area contributed by atoms with Gasteiger partial charge < -0.3 is 13.9 Å². The maximum Gasteiger partial charge on any atom is 0.262 e. The molecule has 1 aliphatic rings. The van der Waals surface area contributed by atoms with E-state index in [1.165, 1.54) is 11.8 Å². The molecule has 1 fully saturated rings. The molecule has 2 heterocycles. The Labute approximate surface area is 173 Å². The van der Waals surface area contributed by atoms with Crippen LogP contribution in [0.1, 0.15) is 5.56 Å². The van der Waals surface area contributed by atoms with Crippen LogP contribution >= 0.6 is 11.8 Å². The lowest BCUT2D eigenvalue weighted by Crippen LogP contribution is -2.22. The Bertz CT molecular complexity index is 1020. The van der Waals surface area contributed by atoms with Gasteiger partial charge in [0.2, 0.25) is 0 Å². The molecule has 1 saturated heterocycles. The van der Waals surface area contributed by atoms with Gasteiger partial charge in [-0.15, -0.1) is 0 Å². The number of ether oxygens (including phenoxy) is 2.